The highest BCUT2D eigenvalue weighted by Crippen LogP contribution is 2.30. The first-order valence-electron chi connectivity index (χ1n) is 9.40. The van der Waals surface area contributed by atoms with E-state index in [4.69, 9.17) is 21.8 Å². The van der Waals surface area contributed by atoms with Crippen LogP contribution in [0.3, 0.4) is 0 Å². The van der Waals surface area contributed by atoms with E-state index in [9.17, 15) is 4.79 Å². The van der Waals surface area contributed by atoms with E-state index in [-0.39, 0.29) is 11.8 Å². The number of carbonyl (C=O) groups excluding carboxylic acids is 1. The number of oxazole rings is 1. The minimum atomic E-state index is 0.225. The van der Waals surface area contributed by atoms with Crippen LogP contribution in [0, 0.1) is 0 Å². The standard InChI is InChI=1S/C19H25ClN4O2/c20-14-1-2-17-16(11-14)22-19(26-17)13-3-9-24(10-4-13)18(25)12-23-7-5-15(21)6-8-23/h1-2,11,13,15H,3-10,12,21H2. The summed E-state index contributed by atoms with van der Waals surface area (Å²) < 4.78 is 5.90. The molecule has 1 amide bonds. The zero-order valence-electron chi connectivity index (χ0n) is 14.9. The van der Waals surface area contributed by atoms with Gasteiger partial charge in [-0.1, -0.05) is 11.6 Å². The molecular formula is C19H25ClN4O2. The van der Waals surface area contributed by atoms with Crippen molar-refractivity contribution in [2.24, 2.45) is 5.73 Å². The van der Waals surface area contributed by atoms with Gasteiger partial charge in [0.05, 0.1) is 6.54 Å². The summed E-state index contributed by atoms with van der Waals surface area (Å²) in [5.74, 6) is 1.25. The van der Waals surface area contributed by atoms with Gasteiger partial charge in [-0.2, -0.15) is 0 Å². The second-order valence-electron chi connectivity index (χ2n) is 7.43. The largest absolute Gasteiger partial charge is 0.440 e. The molecule has 140 valence electrons. The summed E-state index contributed by atoms with van der Waals surface area (Å²) in [5.41, 5.74) is 7.50. The number of aromatic nitrogens is 1. The van der Waals surface area contributed by atoms with Gasteiger partial charge >= 0.3 is 0 Å². The van der Waals surface area contributed by atoms with Gasteiger partial charge in [0.15, 0.2) is 11.5 Å². The molecule has 7 heteroatoms. The summed E-state index contributed by atoms with van der Waals surface area (Å²) in [6.45, 7) is 3.88. The van der Waals surface area contributed by atoms with E-state index in [0.29, 0.717) is 17.6 Å². The van der Waals surface area contributed by atoms with Crippen LogP contribution in [0.2, 0.25) is 5.02 Å². The van der Waals surface area contributed by atoms with Gasteiger partial charge in [0.2, 0.25) is 5.91 Å². The van der Waals surface area contributed by atoms with Crippen LogP contribution < -0.4 is 5.73 Å². The quantitative estimate of drug-likeness (QED) is 0.891. The summed E-state index contributed by atoms with van der Waals surface area (Å²) in [6, 6.07) is 5.79. The highest BCUT2D eigenvalue weighted by Gasteiger charge is 2.28. The fourth-order valence-electron chi connectivity index (χ4n) is 3.87. The normalized spacial score (nSPS) is 20.8. The molecule has 0 radical (unpaired) electrons. The third kappa shape index (κ3) is 3.87. The van der Waals surface area contributed by atoms with Gasteiger partial charge in [0, 0.05) is 43.2 Å². The summed E-state index contributed by atoms with van der Waals surface area (Å²) in [7, 11) is 0. The Morgan fingerprint density at radius 3 is 2.65 bits per heavy atom. The average molecular weight is 377 g/mol. The molecule has 0 aliphatic carbocycles. The van der Waals surface area contributed by atoms with Crippen molar-refractivity contribution in [3.05, 3.63) is 29.1 Å². The van der Waals surface area contributed by atoms with E-state index >= 15 is 0 Å². The molecule has 0 bridgehead atoms. The van der Waals surface area contributed by atoms with Gasteiger partial charge in [0.1, 0.15) is 5.52 Å². The molecule has 2 aliphatic heterocycles. The number of nitrogens with two attached hydrogens (primary N) is 1. The molecule has 2 aliphatic rings. The molecule has 26 heavy (non-hydrogen) atoms. The number of likely N-dealkylation sites (tertiary alicyclic amines) is 2. The number of nitrogens with zero attached hydrogens (tertiary/aromatic N) is 3. The van der Waals surface area contributed by atoms with Crippen LogP contribution in [-0.2, 0) is 4.79 Å². The molecule has 2 N–H and O–H groups in total. The van der Waals surface area contributed by atoms with Crippen LogP contribution in [-0.4, -0.2) is 59.5 Å². The minimum Gasteiger partial charge on any atom is -0.440 e. The Bertz CT molecular complexity index is 777. The molecule has 0 unspecified atom stereocenters. The van der Waals surface area contributed by atoms with E-state index in [1.54, 1.807) is 0 Å². The molecule has 3 heterocycles. The lowest BCUT2D eigenvalue weighted by atomic mass is 9.96. The van der Waals surface area contributed by atoms with Crippen LogP contribution in [0.15, 0.2) is 22.6 Å². The Hall–Kier alpha value is -1.63. The third-order valence-corrected chi connectivity index (χ3v) is 5.79. The lowest BCUT2D eigenvalue weighted by Crippen LogP contribution is -2.47. The number of hydrogen-bond acceptors (Lipinski definition) is 5. The Labute approximate surface area is 158 Å². The summed E-state index contributed by atoms with van der Waals surface area (Å²) in [5, 5.41) is 0.663. The first kappa shape index (κ1) is 17.8. The molecule has 2 aromatic rings. The van der Waals surface area contributed by atoms with Crippen molar-refractivity contribution in [1.82, 2.24) is 14.8 Å². The lowest BCUT2D eigenvalue weighted by Gasteiger charge is -2.34. The molecule has 0 spiro atoms. The topological polar surface area (TPSA) is 75.6 Å². The number of fused-ring (bicyclic) bond motifs is 1. The summed E-state index contributed by atoms with van der Waals surface area (Å²) in [4.78, 5) is 21.4. The number of rotatable bonds is 3. The Morgan fingerprint density at radius 2 is 1.92 bits per heavy atom. The van der Waals surface area contributed by atoms with E-state index < -0.39 is 0 Å². The maximum Gasteiger partial charge on any atom is 0.236 e. The van der Waals surface area contributed by atoms with Crippen molar-refractivity contribution in [1.29, 1.82) is 0 Å². The molecule has 4 rings (SSSR count). The van der Waals surface area contributed by atoms with Crippen molar-refractivity contribution >= 4 is 28.6 Å². The Morgan fingerprint density at radius 1 is 1.19 bits per heavy atom. The average Bonchev–Trinajstić information content (AvgIpc) is 3.07. The fraction of sp³-hybridized carbons (Fsp3) is 0.579. The first-order chi connectivity index (χ1) is 12.6. The Kier molecular flexibility index (Phi) is 5.16. The highest BCUT2D eigenvalue weighted by atomic mass is 35.5. The molecule has 2 fully saturated rings. The molecule has 2 saturated heterocycles. The zero-order chi connectivity index (χ0) is 18.1. The van der Waals surface area contributed by atoms with Crippen LogP contribution in [0.5, 0.6) is 0 Å². The molecule has 0 saturated carbocycles. The van der Waals surface area contributed by atoms with Crippen molar-refractivity contribution in [2.75, 3.05) is 32.7 Å². The monoisotopic (exact) mass is 376 g/mol. The predicted octanol–water partition coefficient (Wildman–Crippen LogP) is 2.61. The van der Waals surface area contributed by atoms with E-state index in [0.717, 1.165) is 68.9 Å². The summed E-state index contributed by atoms with van der Waals surface area (Å²) >= 11 is 6.02. The van der Waals surface area contributed by atoms with Crippen molar-refractivity contribution < 1.29 is 9.21 Å². The van der Waals surface area contributed by atoms with E-state index in [1.807, 2.05) is 23.1 Å². The maximum atomic E-state index is 12.6. The van der Waals surface area contributed by atoms with E-state index in [2.05, 4.69) is 9.88 Å². The fourth-order valence-corrected chi connectivity index (χ4v) is 4.04. The lowest BCUT2D eigenvalue weighted by molar-refractivity contribution is -0.133. The van der Waals surface area contributed by atoms with Crippen LogP contribution >= 0.6 is 11.6 Å². The van der Waals surface area contributed by atoms with Crippen LogP contribution in [0.1, 0.15) is 37.5 Å². The number of piperidine rings is 2. The van der Waals surface area contributed by atoms with Crippen molar-refractivity contribution in [2.45, 2.75) is 37.6 Å². The van der Waals surface area contributed by atoms with Gasteiger partial charge in [0.25, 0.3) is 0 Å². The number of carbonyl (C=O) groups is 1. The van der Waals surface area contributed by atoms with E-state index in [1.165, 1.54) is 0 Å². The molecule has 1 aromatic heterocycles. The van der Waals surface area contributed by atoms with Crippen LogP contribution in [0.25, 0.3) is 11.1 Å². The predicted molar refractivity (Wildman–Crippen MR) is 101 cm³/mol. The molecule has 6 nitrogen and oxygen atoms in total. The highest BCUT2D eigenvalue weighted by molar-refractivity contribution is 6.31. The zero-order valence-corrected chi connectivity index (χ0v) is 15.6. The number of amides is 1. The molecule has 0 atom stereocenters. The second-order valence-corrected chi connectivity index (χ2v) is 7.87. The van der Waals surface area contributed by atoms with Crippen LogP contribution in [0.4, 0.5) is 0 Å². The van der Waals surface area contributed by atoms with Gasteiger partial charge in [-0.15, -0.1) is 0 Å². The SMILES string of the molecule is NC1CCN(CC(=O)N2CCC(c3nc4cc(Cl)ccc4o3)CC2)CC1. The third-order valence-electron chi connectivity index (χ3n) is 5.55. The van der Waals surface area contributed by atoms with Gasteiger partial charge in [-0.05, 0) is 43.9 Å². The molecular weight excluding hydrogens is 352 g/mol. The van der Waals surface area contributed by atoms with Crippen molar-refractivity contribution in [3.8, 4) is 0 Å². The molecule has 1 aromatic carbocycles. The minimum absolute atomic E-state index is 0.225. The number of halogens is 1. The Balaban J connectivity index is 1.32. The van der Waals surface area contributed by atoms with Crippen molar-refractivity contribution in [3.63, 3.8) is 0 Å². The van der Waals surface area contributed by atoms with Gasteiger partial charge in [-0.3, -0.25) is 9.69 Å². The van der Waals surface area contributed by atoms with Gasteiger partial charge < -0.3 is 15.1 Å². The number of hydrogen-bond donors (Lipinski definition) is 1. The smallest absolute Gasteiger partial charge is 0.236 e. The first-order valence-corrected chi connectivity index (χ1v) is 9.78. The maximum absolute atomic E-state index is 12.6. The van der Waals surface area contributed by atoms with Gasteiger partial charge in [-0.25, -0.2) is 4.98 Å². The summed E-state index contributed by atoms with van der Waals surface area (Å²) in [6.07, 6.45) is 3.74. The second kappa shape index (κ2) is 7.55. The number of benzene rings is 1.